The molecule has 0 saturated heterocycles. The Kier molecular flexibility index (Phi) is 11.4. The van der Waals surface area contributed by atoms with Gasteiger partial charge in [0.1, 0.15) is 0 Å². The monoisotopic (exact) mass is 294 g/mol. The van der Waals surface area contributed by atoms with E-state index in [-0.39, 0.29) is 5.05 Å². The van der Waals surface area contributed by atoms with Crippen LogP contribution in [0.25, 0.3) is 0 Å². The van der Waals surface area contributed by atoms with E-state index in [9.17, 15) is 0 Å². The molecule has 0 bridgehead atoms. The van der Waals surface area contributed by atoms with Crippen molar-refractivity contribution in [2.24, 2.45) is 0 Å². The molecule has 0 unspecified atom stereocenters. The van der Waals surface area contributed by atoms with Crippen molar-refractivity contribution in [2.45, 2.75) is 72.6 Å². The minimum absolute atomic E-state index is 0.131. The second-order valence-electron chi connectivity index (χ2n) is 5.75. The molecule has 0 spiro atoms. The standard InChI is InChI=1S/C18H30OS/c1-15(2)9-7-11-17(4)13-8-12-16(3)10-5-6-14-18(19)20/h9-10,13H,5-8,11-12,14H2,1-4H3,(H,19,20). The van der Waals surface area contributed by atoms with Crippen LogP contribution in [0.4, 0.5) is 0 Å². The number of hydrogen-bond donors (Lipinski definition) is 1. The number of hydrogen-bond acceptors (Lipinski definition) is 1. The topological polar surface area (TPSA) is 20.2 Å². The maximum Gasteiger partial charge on any atom is 0.156 e. The molecular formula is C18H30OS. The number of aliphatic hydroxyl groups excluding tert-OH is 1. The Morgan fingerprint density at radius 3 is 1.80 bits per heavy atom. The van der Waals surface area contributed by atoms with E-state index < -0.39 is 0 Å². The third kappa shape index (κ3) is 13.5. The third-order valence-electron chi connectivity index (χ3n) is 3.21. The van der Waals surface area contributed by atoms with Gasteiger partial charge in [0, 0.05) is 6.42 Å². The summed E-state index contributed by atoms with van der Waals surface area (Å²) in [4.78, 5) is 0. The molecule has 0 fully saturated rings. The predicted molar refractivity (Wildman–Crippen MR) is 94.5 cm³/mol. The van der Waals surface area contributed by atoms with Crippen LogP contribution < -0.4 is 0 Å². The van der Waals surface area contributed by atoms with Gasteiger partial charge in [0.05, 0.1) is 0 Å². The highest BCUT2D eigenvalue weighted by Gasteiger charge is 1.93. The molecule has 1 N–H and O–H groups in total. The number of allylic oxidation sites excluding steroid dienone is 6. The largest absolute Gasteiger partial charge is 0.502 e. The molecule has 1 nitrogen and oxygen atoms in total. The molecule has 114 valence electrons. The van der Waals surface area contributed by atoms with Crippen molar-refractivity contribution in [3.05, 3.63) is 34.9 Å². The Labute approximate surface area is 130 Å². The quantitative estimate of drug-likeness (QED) is 0.283. The summed E-state index contributed by atoms with van der Waals surface area (Å²) in [6, 6.07) is 0. The zero-order chi connectivity index (χ0) is 15.4. The van der Waals surface area contributed by atoms with Crippen LogP contribution >= 0.6 is 12.2 Å². The lowest BCUT2D eigenvalue weighted by Gasteiger charge is -2.01. The smallest absolute Gasteiger partial charge is 0.156 e. The minimum atomic E-state index is 0.131. The van der Waals surface area contributed by atoms with Crippen molar-refractivity contribution in [2.75, 3.05) is 0 Å². The van der Waals surface area contributed by atoms with Crippen LogP contribution in [-0.4, -0.2) is 10.2 Å². The average Bonchev–Trinajstić information content (AvgIpc) is 2.34. The van der Waals surface area contributed by atoms with Crippen LogP contribution in [0.1, 0.15) is 72.6 Å². The maximum atomic E-state index is 8.92. The summed E-state index contributed by atoms with van der Waals surface area (Å²) in [5.74, 6) is 0. The molecule has 0 heterocycles. The minimum Gasteiger partial charge on any atom is -0.502 e. The van der Waals surface area contributed by atoms with E-state index in [0.29, 0.717) is 6.42 Å². The molecule has 0 saturated carbocycles. The summed E-state index contributed by atoms with van der Waals surface area (Å²) in [5, 5.41) is 9.05. The van der Waals surface area contributed by atoms with Gasteiger partial charge in [-0.1, -0.05) is 34.9 Å². The first kappa shape index (κ1) is 19.1. The van der Waals surface area contributed by atoms with E-state index in [2.05, 4.69) is 58.1 Å². The summed E-state index contributed by atoms with van der Waals surface area (Å²) < 4.78 is 0. The Morgan fingerprint density at radius 1 is 0.800 bits per heavy atom. The van der Waals surface area contributed by atoms with Gasteiger partial charge >= 0.3 is 0 Å². The van der Waals surface area contributed by atoms with Crippen molar-refractivity contribution in [3.8, 4) is 0 Å². The zero-order valence-electron chi connectivity index (χ0n) is 13.5. The van der Waals surface area contributed by atoms with E-state index in [1.165, 1.54) is 23.1 Å². The fourth-order valence-corrected chi connectivity index (χ4v) is 2.08. The second kappa shape index (κ2) is 11.9. The van der Waals surface area contributed by atoms with Crippen LogP contribution in [0, 0.1) is 0 Å². The lowest BCUT2D eigenvalue weighted by molar-refractivity contribution is 0.544. The molecular weight excluding hydrogens is 264 g/mol. The molecule has 0 aliphatic rings. The number of thiocarbonyl (C=S) groups is 1. The van der Waals surface area contributed by atoms with E-state index in [1.807, 2.05) is 0 Å². The third-order valence-corrected chi connectivity index (χ3v) is 3.41. The maximum absolute atomic E-state index is 8.92. The molecule has 0 rings (SSSR count). The lowest BCUT2D eigenvalue weighted by Crippen LogP contribution is -1.89. The van der Waals surface area contributed by atoms with Crippen molar-refractivity contribution >= 4 is 17.3 Å². The second-order valence-corrected chi connectivity index (χ2v) is 6.22. The van der Waals surface area contributed by atoms with Crippen LogP contribution in [-0.2, 0) is 0 Å². The molecule has 0 radical (unpaired) electrons. The van der Waals surface area contributed by atoms with Gasteiger partial charge in [0.15, 0.2) is 5.05 Å². The molecule has 0 atom stereocenters. The molecule has 0 aliphatic heterocycles. The Morgan fingerprint density at radius 2 is 1.30 bits per heavy atom. The van der Waals surface area contributed by atoms with Crippen molar-refractivity contribution in [1.29, 1.82) is 0 Å². The van der Waals surface area contributed by atoms with Gasteiger partial charge < -0.3 is 5.11 Å². The molecule has 0 aromatic heterocycles. The van der Waals surface area contributed by atoms with Crippen LogP contribution in [0.5, 0.6) is 0 Å². The van der Waals surface area contributed by atoms with Crippen molar-refractivity contribution in [1.82, 2.24) is 0 Å². The molecule has 2 heteroatoms. The van der Waals surface area contributed by atoms with Gasteiger partial charge in [0.2, 0.25) is 0 Å². The summed E-state index contributed by atoms with van der Waals surface area (Å²) in [6.07, 6.45) is 14.1. The predicted octanol–water partition coefficient (Wildman–Crippen LogP) is 6.46. The summed E-state index contributed by atoms with van der Waals surface area (Å²) >= 11 is 4.65. The first-order valence-electron chi connectivity index (χ1n) is 7.58. The summed E-state index contributed by atoms with van der Waals surface area (Å²) in [5.41, 5.74) is 4.32. The van der Waals surface area contributed by atoms with E-state index in [0.717, 1.165) is 32.1 Å². The number of rotatable bonds is 10. The highest BCUT2D eigenvalue weighted by molar-refractivity contribution is 7.80. The molecule has 0 aromatic carbocycles. The Hall–Kier alpha value is -0.890. The Bertz CT molecular complexity index is 371. The summed E-state index contributed by atoms with van der Waals surface area (Å²) in [7, 11) is 0. The molecule has 20 heavy (non-hydrogen) atoms. The van der Waals surface area contributed by atoms with Crippen molar-refractivity contribution < 1.29 is 5.11 Å². The first-order chi connectivity index (χ1) is 9.41. The van der Waals surface area contributed by atoms with Crippen LogP contribution in [0.3, 0.4) is 0 Å². The summed E-state index contributed by atoms with van der Waals surface area (Å²) in [6.45, 7) is 8.71. The SMILES string of the molecule is CC(C)=CCCC(C)=CCCC(C)=CCCCC(O)=S. The number of aliphatic hydroxyl groups is 1. The highest BCUT2D eigenvalue weighted by atomic mass is 32.1. The average molecular weight is 295 g/mol. The Balaban J connectivity index is 3.82. The van der Waals surface area contributed by atoms with E-state index in [1.54, 1.807) is 0 Å². The zero-order valence-corrected chi connectivity index (χ0v) is 14.4. The van der Waals surface area contributed by atoms with E-state index >= 15 is 0 Å². The van der Waals surface area contributed by atoms with Gasteiger partial charge in [-0.25, -0.2) is 0 Å². The molecule has 0 aromatic rings. The van der Waals surface area contributed by atoms with Crippen LogP contribution in [0.15, 0.2) is 34.9 Å². The normalized spacial score (nSPS) is 12.4. The molecule has 0 amide bonds. The highest BCUT2D eigenvalue weighted by Crippen LogP contribution is 2.12. The van der Waals surface area contributed by atoms with Crippen LogP contribution in [0.2, 0.25) is 0 Å². The number of unbranched alkanes of at least 4 members (excludes halogenated alkanes) is 1. The van der Waals surface area contributed by atoms with Crippen molar-refractivity contribution in [3.63, 3.8) is 0 Å². The lowest BCUT2D eigenvalue weighted by atomic mass is 10.1. The fourth-order valence-electron chi connectivity index (χ4n) is 1.94. The van der Waals surface area contributed by atoms with Gasteiger partial charge in [-0.15, -0.1) is 0 Å². The van der Waals surface area contributed by atoms with Gasteiger partial charge in [-0.3, -0.25) is 0 Å². The first-order valence-corrected chi connectivity index (χ1v) is 7.99. The van der Waals surface area contributed by atoms with E-state index in [4.69, 9.17) is 5.11 Å². The molecule has 0 aliphatic carbocycles. The van der Waals surface area contributed by atoms with Gasteiger partial charge in [-0.05, 0) is 78.4 Å². The van der Waals surface area contributed by atoms with Gasteiger partial charge in [-0.2, -0.15) is 0 Å². The van der Waals surface area contributed by atoms with Gasteiger partial charge in [0.25, 0.3) is 0 Å². The fraction of sp³-hybridized carbons (Fsp3) is 0.611.